The zero-order valence-corrected chi connectivity index (χ0v) is 9.31. The third-order valence-electron chi connectivity index (χ3n) is 2.58. The van der Waals surface area contributed by atoms with E-state index in [1.54, 1.807) is 11.3 Å². The average Bonchev–Trinajstić information content (AvgIpc) is 2.92. The minimum atomic E-state index is 0.657. The van der Waals surface area contributed by atoms with Gasteiger partial charge in [0.15, 0.2) is 0 Å². The average molecular weight is 208 g/mol. The van der Waals surface area contributed by atoms with E-state index in [0.717, 1.165) is 18.8 Å². The van der Waals surface area contributed by atoms with Gasteiger partial charge in [0.2, 0.25) is 0 Å². The predicted octanol–water partition coefficient (Wildman–Crippen LogP) is 3.10. The van der Waals surface area contributed by atoms with Crippen LogP contribution in [0.1, 0.15) is 31.1 Å². The van der Waals surface area contributed by atoms with Crippen molar-refractivity contribution < 1.29 is 0 Å². The molecule has 1 aliphatic carbocycles. The maximum Gasteiger partial charge on any atom is 0.0960 e. The maximum absolute atomic E-state index is 7.90. The summed E-state index contributed by atoms with van der Waals surface area (Å²) in [6.45, 7) is 3.00. The van der Waals surface area contributed by atoms with Crippen molar-refractivity contribution in [2.45, 2.75) is 38.8 Å². The Morgan fingerprint density at radius 2 is 2.43 bits per heavy atom. The Balaban J connectivity index is 2.00. The van der Waals surface area contributed by atoms with E-state index < -0.39 is 0 Å². The number of hydrogen-bond acceptors (Lipinski definition) is 2. The second-order valence-corrected chi connectivity index (χ2v) is 4.77. The molecule has 2 rings (SSSR count). The lowest BCUT2D eigenvalue weighted by molar-refractivity contribution is 0.396. The lowest BCUT2D eigenvalue weighted by Crippen LogP contribution is -2.31. The molecule has 0 bridgehead atoms. The molecule has 0 radical (unpaired) electrons. The monoisotopic (exact) mass is 208 g/mol. The highest BCUT2D eigenvalue weighted by Gasteiger charge is 2.30. The van der Waals surface area contributed by atoms with Gasteiger partial charge in [-0.3, -0.25) is 5.41 Å². The summed E-state index contributed by atoms with van der Waals surface area (Å²) in [6, 6.07) is 4.90. The van der Waals surface area contributed by atoms with Crippen LogP contribution >= 0.6 is 11.3 Å². The van der Waals surface area contributed by atoms with E-state index >= 15 is 0 Å². The van der Waals surface area contributed by atoms with E-state index in [2.05, 4.69) is 29.3 Å². The third-order valence-corrected chi connectivity index (χ3v) is 3.44. The number of rotatable bonds is 4. The molecule has 0 spiro atoms. The summed E-state index contributed by atoms with van der Waals surface area (Å²) >= 11 is 1.79. The first-order chi connectivity index (χ1) is 6.81. The van der Waals surface area contributed by atoms with Crippen molar-refractivity contribution in [3.8, 4) is 0 Å². The molecule has 3 heteroatoms. The van der Waals surface area contributed by atoms with Gasteiger partial charge in [-0.25, -0.2) is 0 Å². The van der Waals surface area contributed by atoms with Crippen molar-refractivity contribution in [1.82, 2.24) is 4.90 Å². The van der Waals surface area contributed by atoms with Crippen LogP contribution in [-0.2, 0) is 6.54 Å². The SMILES string of the molecule is CCC(=N)N(Cc1cccs1)C1CC1. The zero-order chi connectivity index (χ0) is 9.97. The van der Waals surface area contributed by atoms with Gasteiger partial charge in [0, 0.05) is 17.3 Å². The van der Waals surface area contributed by atoms with Gasteiger partial charge in [0.25, 0.3) is 0 Å². The van der Waals surface area contributed by atoms with Crippen molar-refractivity contribution in [3.05, 3.63) is 22.4 Å². The van der Waals surface area contributed by atoms with Crippen LogP contribution < -0.4 is 0 Å². The van der Waals surface area contributed by atoms with Crippen LogP contribution in [0, 0.1) is 5.41 Å². The lowest BCUT2D eigenvalue weighted by atomic mass is 10.3. The van der Waals surface area contributed by atoms with Crippen LogP contribution in [0.3, 0.4) is 0 Å². The first kappa shape index (κ1) is 9.71. The van der Waals surface area contributed by atoms with Crippen molar-refractivity contribution >= 4 is 17.2 Å². The van der Waals surface area contributed by atoms with Crippen molar-refractivity contribution in [2.24, 2.45) is 0 Å². The molecule has 1 N–H and O–H groups in total. The fourth-order valence-electron chi connectivity index (χ4n) is 1.60. The molecule has 0 amide bonds. The van der Waals surface area contributed by atoms with Gasteiger partial charge < -0.3 is 4.90 Å². The molecule has 0 saturated heterocycles. The minimum Gasteiger partial charge on any atom is -0.352 e. The van der Waals surface area contributed by atoms with Gasteiger partial charge in [0.05, 0.1) is 12.4 Å². The molecule has 1 fully saturated rings. The Bertz CT molecular complexity index is 301. The Labute approximate surface area is 89.1 Å². The summed E-state index contributed by atoms with van der Waals surface area (Å²) in [6.07, 6.45) is 3.39. The van der Waals surface area contributed by atoms with Gasteiger partial charge in [-0.05, 0) is 24.3 Å². The van der Waals surface area contributed by atoms with Gasteiger partial charge in [-0.15, -0.1) is 11.3 Å². The van der Waals surface area contributed by atoms with Crippen LogP contribution in [0.25, 0.3) is 0 Å². The van der Waals surface area contributed by atoms with E-state index in [9.17, 15) is 0 Å². The van der Waals surface area contributed by atoms with Crippen molar-refractivity contribution in [2.75, 3.05) is 0 Å². The standard InChI is InChI=1S/C11H16N2S/c1-2-11(12)13(9-5-6-9)8-10-4-3-7-14-10/h3-4,7,9,12H,2,5-6,8H2,1H3. The number of amidine groups is 1. The molecule has 1 heterocycles. The predicted molar refractivity (Wildman–Crippen MR) is 60.9 cm³/mol. The molecular formula is C11H16N2S. The fourth-order valence-corrected chi connectivity index (χ4v) is 2.31. The molecule has 1 aromatic rings. The first-order valence-electron chi connectivity index (χ1n) is 5.17. The number of hydrogen-bond donors (Lipinski definition) is 1. The van der Waals surface area contributed by atoms with Gasteiger partial charge in [0.1, 0.15) is 0 Å². The highest BCUT2D eigenvalue weighted by molar-refractivity contribution is 7.09. The lowest BCUT2D eigenvalue weighted by Gasteiger charge is -2.23. The number of nitrogens with zero attached hydrogens (tertiary/aromatic N) is 1. The van der Waals surface area contributed by atoms with Gasteiger partial charge in [-0.1, -0.05) is 13.0 Å². The minimum absolute atomic E-state index is 0.657. The summed E-state index contributed by atoms with van der Waals surface area (Å²) in [4.78, 5) is 3.63. The summed E-state index contributed by atoms with van der Waals surface area (Å²) in [5, 5.41) is 10.0. The molecule has 1 saturated carbocycles. The Morgan fingerprint density at radius 1 is 1.64 bits per heavy atom. The van der Waals surface area contributed by atoms with Crippen LogP contribution in [0.5, 0.6) is 0 Å². The molecule has 0 atom stereocenters. The van der Waals surface area contributed by atoms with E-state index in [0.29, 0.717) is 6.04 Å². The zero-order valence-electron chi connectivity index (χ0n) is 8.49. The Morgan fingerprint density at radius 3 is 2.93 bits per heavy atom. The van der Waals surface area contributed by atoms with Crippen molar-refractivity contribution in [3.63, 3.8) is 0 Å². The largest absolute Gasteiger partial charge is 0.352 e. The molecule has 14 heavy (non-hydrogen) atoms. The highest BCUT2D eigenvalue weighted by Crippen LogP contribution is 2.29. The molecule has 0 aliphatic heterocycles. The molecular weight excluding hydrogens is 192 g/mol. The number of thiophene rings is 1. The van der Waals surface area contributed by atoms with E-state index in [4.69, 9.17) is 5.41 Å². The third kappa shape index (κ3) is 2.15. The van der Waals surface area contributed by atoms with E-state index in [1.165, 1.54) is 17.7 Å². The van der Waals surface area contributed by atoms with Gasteiger partial charge >= 0.3 is 0 Å². The summed E-state index contributed by atoms with van der Waals surface area (Å²) in [5.74, 6) is 0.792. The van der Waals surface area contributed by atoms with E-state index in [-0.39, 0.29) is 0 Å². The Hall–Kier alpha value is -0.830. The molecule has 0 unspecified atom stereocenters. The fraction of sp³-hybridized carbons (Fsp3) is 0.545. The molecule has 2 nitrogen and oxygen atoms in total. The van der Waals surface area contributed by atoms with Crippen LogP contribution in [0.15, 0.2) is 17.5 Å². The second-order valence-electron chi connectivity index (χ2n) is 3.74. The summed E-state index contributed by atoms with van der Waals surface area (Å²) in [5.41, 5.74) is 0. The van der Waals surface area contributed by atoms with Crippen LogP contribution in [0.4, 0.5) is 0 Å². The topological polar surface area (TPSA) is 27.1 Å². The maximum atomic E-state index is 7.90. The molecule has 1 aliphatic rings. The quantitative estimate of drug-likeness (QED) is 0.597. The van der Waals surface area contributed by atoms with E-state index in [1.807, 2.05) is 0 Å². The number of nitrogens with one attached hydrogen (secondary N) is 1. The molecule has 76 valence electrons. The highest BCUT2D eigenvalue weighted by atomic mass is 32.1. The second kappa shape index (κ2) is 4.13. The molecule has 1 aromatic heterocycles. The van der Waals surface area contributed by atoms with Gasteiger partial charge in [-0.2, -0.15) is 0 Å². The van der Waals surface area contributed by atoms with Crippen molar-refractivity contribution in [1.29, 1.82) is 5.41 Å². The smallest absolute Gasteiger partial charge is 0.0960 e. The first-order valence-corrected chi connectivity index (χ1v) is 6.05. The normalized spacial score (nSPS) is 15.5. The Kier molecular flexibility index (Phi) is 2.87. The van der Waals surface area contributed by atoms with Crippen LogP contribution in [0.2, 0.25) is 0 Å². The summed E-state index contributed by atoms with van der Waals surface area (Å²) < 4.78 is 0. The summed E-state index contributed by atoms with van der Waals surface area (Å²) in [7, 11) is 0. The molecule has 0 aromatic carbocycles. The van der Waals surface area contributed by atoms with Crippen LogP contribution in [-0.4, -0.2) is 16.8 Å².